The lowest BCUT2D eigenvalue weighted by molar-refractivity contribution is -0.0370. The van der Waals surface area contributed by atoms with Crippen molar-refractivity contribution in [1.82, 2.24) is 24.6 Å². The average molecular weight is 532 g/mol. The molecule has 204 valence electrons. The summed E-state index contributed by atoms with van der Waals surface area (Å²) >= 11 is 0. The number of fused-ring (bicyclic) bond motifs is 1. The number of pyridine rings is 1. The molecule has 1 N–H and O–H groups in total. The number of ether oxygens (including phenoxy) is 2. The number of carbonyl (C=O) groups excluding carboxylic acids is 2. The van der Waals surface area contributed by atoms with Crippen molar-refractivity contribution in [3.8, 4) is 29.4 Å². The molecule has 0 bridgehead atoms. The second-order valence-corrected chi connectivity index (χ2v) is 10.8. The fourth-order valence-corrected chi connectivity index (χ4v) is 4.89. The first-order chi connectivity index (χ1) is 18.6. The topological polar surface area (TPSA) is 110 Å². The Bertz CT molecular complexity index is 1420. The van der Waals surface area contributed by atoms with Crippen molar-refractivity contribution >= 4 is 23.0 Å². The van der Waals surface area contributed by atoms with Crippen molar-refractivity contribution in [3.63, 3.8) is 0 Å². The lowest BCUT2D eigenvalue weighted by Gasteiger charge is -2.35. The van der Waals surface area contributed by atoms with Gasteiger partial charge in [0.25, 0.3) is 5.91 Å². The average Bonchev–Trinajstić information content (AvgIpc) is 3.31. The molecular formula is C29H33N5O5. The Morgan fingerprint density at radius 3 is 2.41 bits per heavy atom. The maximum atomic E-state index is 14.0. The van der Waals surface area contributed by atoms with Gasteiger partial charge in [-0.25, -0.2) is 14.5 Å². The SMILES string of the molecule is C#Cc1nn(C2CCCCO2)c2nc(-c3ccc(O)cc3)cc(C(=O)N3CCN(C(=O)OC(C)(C)C)CC3)c12. The molecular weight excluding hydrogens is 498 g/mol. The first-order valence-electron chi connectivity index (χ1n) is 13.2. The van der Waals surface area contributed by atoms with Gasteiger partial charge in [0.05, 0.1) is 16.6 Å². The van der Waals surface area contributed by atoms with E-state index in [9.17, 15) is 14.7 Å². The number of aromatic nitrogens is 3. The van der Waals surface area contributed by atoms with Crippen LogP contribution in [-0.4, -0.2) is 80.1 Å². The minimum atomic E-state index is -0.592. The van der Waals surface area contributed by atoms with Gasteiger partial charge in [0.2, 0.25) is 0 Å². The summed E-state index contributed by atoms with van der Waals surface area (Å²) in [6, 6.07) is 8.38. The molecule has 0 aliphatic carbocycles. The number of carbonyl (C=O) groups is 2. The number of rotatable bonds is 3. The third kappa shape index (κ3) is 5.54. The van der Waals surface area contributed by atoms with Crippen LogP contribution in [0.5, 0.6) is 5.75 Å². The molecule has 3 aromatic rings. The summed E-state index contributed by atoms with van der Waals surface area (Å²) in [5, 5.41) is 14.9. The van der Waals surface area contributed by atoms with Gasteiger partial charge in [0.1, 0.15) is 17.0 Å². The third-order valence-corrected chi connectivity index (χ3v) is 6.84. The van der Waals surface area contributed by atoms with Crippen LogP contribution in [0.2, 0.25) is 0 Å². The first kappa shape index (κ1) is 26.5. The molecule has 5 rings (SSSR count). The predicted octanol–water partition coefficient (Wildman–Crippen LogP) is 4.18. The normalized spacial score (nSPS) is 18.2. The monoisotopic (exact) mass is 531 g/mol. The molecule has 0 radical (unpaired) electrons. The molecule has 39 heavy (non-hydrogen) atoms. The lowest BCUT2D eigenvalue weighted by Crippen LogP contribution is -2.51. The number of phenolic OH excluding ortho intramolecular Hbond substituents is 1. The van der Waals surface area contributed by atoms with Crippen molar-refractivity contribution in [1.29, 1.82) is 0 Å². The van der Waals surface area contributed by atoms with E-state index in [1.165, 1.54) is 0 Å². The van der Waals surface area contributed by atoms with Crippen LogP contribution in [0.15, 0.2) is 30.3 Å². The van der Waals surface area contributed by atoms with Crippen molar-refractivity contribution in [2.45, 2.75) is 51.9 Å². The Morgan fingerprint density at radius 1 is 1.10 bits per heavy atom. The summed E-state index contributed by atoms with van der Waals surface area (Å²) in [5.41, 5.74) is 1.90. The zero-order valence-electron chi connectivity index (χ0n) is 22.5. The molecule has 4 heterocycles. The van der Waals surface area contributed by atoms with Crippen molar-refractivity contribution in [2.75, 3.05) is 32.8 Å². The van der Waals surface area contributed by atoms with E-state index in [2.05, 4.69) is 11.0 Å². The third-order valence-electron chi connectivity index (χ3n) is 6.84. The highest BCUT2D eigenvalue weighted by Crippen LogP contribution is 2.33. The number of benzene rings is 1. The second kappa shape index (κ2) is 10.6. The van der Waals surface area contributed by atoms with E-state index < -0.39 is 5.60 Å². The quantitative estimate of drug-likeness (QED) is 0.505. The van der Waals surface area contributed by atoms with Crippen LogP contribution in [0, 0.1) is 12.3 Å². The van der Waals surface area contributed by atoms with E-state index in [1.54, 1.807) is 44.8 Å². The largest absolute Gasteiger partial charge is 0.508 e. The fraction of sp³-hybridized carbons (Fsp3) is 0.448. The standard InChI is InChI=1S/C29H33N5O5/c1-5-22-25-21(27(36)32-13-15-33(16-14-32)28(37)39-29(2,3)4)18-23(19-9-11-20(35)12-10-19)30-26(25)34(31-22)24-8-6-7-17-38-24/h1,9-12,18,24,35H,6-8,13-17H2,2-4H3. The van der Waals surface area contributed by atoms with Gasteiger partial charge in [0, 0.05) is 38.3 Å². The van der Waals surface area contributed by atoms with Crippen LogP contribution >= 0.6 is 0 Å². The second-order valence-electron chi connectivity index (χ2n) is 10.8. The molecule has 2 saturated heterocycles. The maximum Gasteiger partial charge on any atom is 0.410 e. The van der Waals surface area contributed by atoms with Crippen LogP contribution in [0.4, 0.5) is 4.79 Å². The zero-order valence-corrected chi connectivity index (χ0v) is 22.5. The highest BCUT2D eigenvalue weighted by Gasteiger charge is 2.31. The molecule has 0 spiro atoms. The van der Waals surface area contributed by atoms with Crippen molar-refractivity contribution in [3.05, 3.63) is 41.6 Å². The first-order valence-corrected chi connectivity index (χ1v) is 13.2. The van der Waals surface area contributed by atoms with E-state index in [1.807, 2.05) is 20.8 Å². The van der Waals surface area contributed by atoms with Gasteiger partial charge in [-0.2, -0.15) is 5.10 Å². The summed E-state index contributed by atoms with van der Waals surface area (Å²) in [5.74, 6) is 2.56. The summed E-state index contributed by atoms with van der Waals surface area (Å²) in [4.78, 5) is 34.7. The summed E-state index contributed by atoms with van der Waals surface area (Å²) in [6.07, 6.45) is 7.88. The Kier molecular flexibility index (Phi) is 7.19. The number of phenols is 1. The summed E-state index contributed by atoms with van der Waals surface area (Å²) in [6.45, 7) is 7.51. The number of hydrogen-bond donors (Lipinski definition) is 1. The van der Waals surface area contributed by atoms with Crippen molar-refractivity contribution in [2.24, 2.45) is 0 Å². The van der Waals surface area contributed by atoms with Gasteiger partial charge in [-0.1, -0.05) is 0 Å². The van der Waals surface area contributed by atoms with Crippen LogP contribution in [0.25, 0.3) is 22.3 Å². The molecule has 10 heteroatoms. The molecule has 1 unspecified atom stereocenters. The summed E-state index contributed by atoms with van der Waals surface area (Å²) < 4.78 is 13.2. The molecule has 2 aliphatic rings. The Hall–Kier alpha value is -4.10. The number of amides is 2. The van der Waals surface area contributed by atoms with Gasteiger partial charge >= 0.3 is 6.09 Å². The molecule has 2 aromatic heterocycles. The van der Waals surface area contributed by atoms with E-state index in [4.69, 9.17) is 20.9 Å². The van der Waals surface area contributed by atoms with Crippen LogP contribution < -0.4 is 0 Å². The highest BCUT2D eigenvalue weighted by atomic mass is 16.6. The van der Waals surface area contributed by atoms with E-state index >= 15 is 0 Å². The number of hydrogen-bond acceptors (Lipinski definition) is 7. The van der Waals surface area contributed by atoms with Gasteiger partial charge in [-0.05, 0) is 76.3 Å². The Labute approximate surface area is 227 Å². The maximum absolute atomic E-state index is 14.0. The Balaban J connectivity index is 1.53. The summed E-state index contributed by atoms with van der Waals surface area (Å²) in [7, 11) is 0. The highest BCUT2D eigenvalue weighted by molar-refractivity contribution is 6.08. The van der Waals surface area contributed by atoms with E-state index in [0.29, 0.717) is 60.8 Å². The van der Waals surface area contributed by atoms with Crippen LogP contribution in [-0.2, 0) is 9.47 Å². The van der Waals surface area contributed by atoms with Crippen LogP contribution in [0.3, 0.4) is 0 Å². The van der Waals surface area contributed by atoms with Gasteiger partial charge in [-0.15, -0.1) is 6.42 Å². The molecule has 2 amide bonds. The Morgan fingerprint density at radius 2 is 1.79 bits per heavy atom. The minimum absolute atomic E-state index is 0.134. The van der Waals surface area contributed by atoms with Gasteiger partial charge in [-0.3, -0.25) is 4.79 Å². The molecule has 2 fully saturated rings. The molecule has 10 nitrogen and oxygen atoms in total. The zero-order chi connectivity index (χ0) is 27.7. The van der Waals surface area contributed by atoms with E-state index in [0.717, 1.165) is 24.8 Å². The smallest absolute Gasteiger partial charge is 0.410 e. The van der Waals surface area contributed by atoms with Gasteiger partial charge in [0.15, 0.2) is 11.9 Å². The number of terminal acetylenes is 1. The lowest BCUT2D eigenvalue weighted by atomic mass is 10.0. The van der Waals surface area contributed by atoms with Crippen LogP contribution in [0.1, 0.15) is 62.3 Å². The number of piperazine rings is 1. The molecule has 1 aromatic carbocycles. The minimum Gasteiger partial charge on any atom is -0.508 e. The fourth-order valence-electron chi connectivity index (χ4n) is 4.89. The van der Waals surface area contributed by atoms with Gasteiger partial charge < -0.3 is 24.4 Å². The molecule has 2 aliphatic heterocycles. The number of nitrogens with zero attached hydrogens (tertiary/aromatic N) is 5. The predicted molar refractivity (Wildman–Crippen MR) is 145 cm³/mol. The number of aromatic hydroxyl groups is 1. The van der Waals surface area contributed by atoms with E-state index in [-0.39, 0.29) is 24.0 Å². The molecule has 0 saturated carbocycles. The molecule has 1 atom stereocenters. The van der Waals surface area contributed by atoms with Crippen molar-refractivity contribution < 1.29 is 24.2 Å².